The maximum absolute atomic E-state index is 11.7. The molecule has 0 aromatic heterocycles. The first-order valence-electron chi connectivity index (χ1n) is 5.24. The van der Waals surface area contributed by atoms with Crippen molar-refractivity contribution in [2.75, 3.05) is 20.3 Å². The number of imide groups is 1. The van der Waals surface area contributed by atoms with Gasteiger partial charge in [0.05, 0.1) is 12.6 Å². The van der Waals surface area contributed by atoms with Gasteiger partial charge in [0.15, 0.2) is 0 Å². The van der Waals surface area contributed by atoms with E-state index in [0.717, 1.165) is 12.8 Å². The van der Waals surface area contributed by atoms with Gasteiger partial charge in [-0.1, -0.05) is 0 Å². The van der Waals surface area contributed by atoms with Gasteiger partial charge in [0.25, 0.3) is 0 Å². The summed E-state index contributed by atoms with van der Waals surface area (Å²) in [6, 6.07) is -0.312. The van der Waals surface area contributed by atoms with E-state index in [9.17, 15) is 9.59 Å². The number of ether oxygens (including phenoxy) is 1. The Morgan fingerprint density at radius 2 is 1.87 bits per heavy atom. The quantitative estimate of drug-likeness (QED) is 0.663. The summed E-state index contributed by atoms with van der Waals surface area (Å²) in [5, 5.41) is 0. The normalized spacial score (nSPS) is 20.3. The van der Waals surface area contributed by atoms with Crippen LogP contribution >= 0.6 is 0 Å². The fraction of sp³-hybridized carbons (Fsp3) is 0.800. The molecule has 0 aromatic rings. The first-order valence-corrected chi connectivity index (χ1v) is 5.24. The van der Waals surface area contributed by atoms with E-state index >= 15 is 0 Å². The van der Waals surface area contributed by atoms with Crippen LogP contribution in [0.2, 0.25) is 0 Å². The first kappa shape index (κ1) is 12.1. The molecule has 1 heterocycles. The summed E-state index contributed by atoms with van der Waals surface area (Å²) in [7, 11) is 1.54. The van der Waals surface area contributed by atoms with Crippen LogP contribution in [0.3, 0.4) is 0 Å². The third-order valence-corrected chi connectivity index (χ3v) is 2.56. The van der Waals surface area contributed by atoms with Crippen LogP contribution in [0.5, 0.6) is 0 Å². The number of hydrogen-bond acceptors (Lipinski definition) is 4. The number of nitrogens with zero attached hydrogens (tertiary/aromatic N) is 1. The second kappa shape index (κ2) is 5.82. The second-order valence-electron chi connectivity index (χ2n) is 3.71. The molecule has 1 atom stereocenters. The Kier molecular flexibility index (Phi) is 4.71. The number of rotatable bonds is 4. The van der Waals surface area contributed by atoms with E-state index in [1.807, 2.05) is 0 Å². The van der Waals surface area contributed by atoms with Crippen molar-refractivity contribution in [3.63, 3.8) is 0 Å². The lowest BCUT2D eigenvalue weighted by Gasteiger charge is -2.27. The van der Waals surface area contributed by atoms with Crippen molar-refractivity contribution in [3.05, 3.63) is 0 Å². The standard InChI is InChI=1S/C10H18N2O3/c1-15-7-8(6-11)12-9(13)4-2-3-5-10(12)14/h8H,2-7,11H2,1H3. The number of methoxy groups -OCH3 is 1. The zero-order valence-corrected chi connectivity index (χ0v) is 9.07. The second-order valence-corrected chi connectivity index (χ2v) is 3.71. The van der Waals surface area contributed by atoms with Gasteiger partial charge in [0.1, 0.15) is 0 Å². The van der Waals surface area contributed by atoms with Crippen LogP contribution in [-0.4, -0.2) is 43.0 Å². The fourth-order valence-corrected chi connectivity index (χ4v) is 1.78. The van der Waals surface area contributed by atoms with Gasteiger partial charge < -0.3 is 10.5 Å². The van der Waals surface area contributed by atoms with E-state index < -0.39 is 0 Å². The summed E-state index contributed by atoms with van der Waals surface area (Å²) < 4.78 is 4.96. The number of hydrogen-bond donors (Lipinski definition) is 1. The van der Waals surface area contributed by atoms with Crippen LogP contribution in [-0.2, 0) is 14.3 Å². The number of likely N-dealkylation sites (tertiary alicyclic amines) is 1. The topological polar surface area (TPSA) is 72.6 Å². The van der Waals surface area contributed by atoms with Gasteiger partial charge in [-0.25, -0.2) is 0 Å². The Morgan fingerprint density at radius 1 is 1.33 bits per heavy atom. The van der Waals surface area contributed by atoms with Gasteiger partial charge in [0.2, 0.25) is 11.8 Å². The van der Waals surface area contributed by atoms with Crippen LogP contribution < -0.4 is 5.73 Å². The SMILES string of the molecule is COCC(CN)N1C(=O)CCCCC1=O. The summed E-state index contributed by atoms with van der Waals surface area (Å²) in [5.41, 5.74) is 5.54. The molecule has 0 aromatic carbocycles. The average Bonchev–Trinajstić information content (AvgIpc) is 2.38. The number of nitrogens with two attached hydrogens (primary N) is 1. The molecule has 0 saturated carbocycles. The Labute approximate surface area is 89.6 Å². The molecule has 15 heavy (non-hydrogen) atoms. The maximum atomic E-state index is 11.7. The minimum Gasteiger partial charge on any atom is -0.382 e. The highest BCUT2D eigenvalue weighted by Crippen LogP contribution is 2.15. The zero-order valence-electron chi connectivity index (χ0n) is 9.07. The molecule has 2 amide bonds. The van der Waals surface area contributed by atoms with Crippen LogP contribution in [0.25, 0.3) is 0 Å². The summed E-state index contributed by atoms with van der Waals surface area (Å²) >= 11 is 0. The predicted molar refractivity (Wildman–Crippen MR) is 55.0 cm³/mol. The third-order valence-electron chi connectivity index (χ3n) is 2.56. The minimum absolute atomic E-state index is 0.120. The van der Waals surface area contributed by atoms with E-state index in [0.29, 0.717) is 19.4 Å². The average molecular weight is 214 g/mol. The molecular weight excluding hydrogens is 196 g/mol. The Hall–Kier alpha value is -0.940. The summed E-state index contributed by atoms with van der Waals surface area (Å²) in [4.78, 5) is 24.7. The molecule has 5 heteroatoms. The number of amides is 2. The van der Waals surface area contributed by atoms with E-state index in [4.69, 9.17) is 10.5 Å². The molecule has 1 saturated heterocycles. The summed E-state index contributed by atoms with van der Waals surface area (Å²) in [6.45, 7) is 0.569. The molecule has 0 spiro atoms. The molecule has 1 aliphatic rings. The highest BCUT2D eigenvalue weighted by molar-refractivity contribution is 5.96. The van der Waals surface area contributed by atoms with E-state index in [2.05, 4.69) is 0 Å². The summed E-state index contributed by atoms with van der Waals surface area (Å²) in [6.07, 6.45) is 2.44. The van der Waals surface area contributed by atoms with Crippen LogP contribution in [0.4, 0.5) is 0 Å². The molecule has 2 N–H and O–H groups in total. The van der Waals surface area contributed by atoms with Gasteiger partial charge in [-0.2, -0.15) is 0 Å². The molecule has 0 aliphatic carbocycles. The fourth-order valence-electron chi connectivity index (χ4n) is 1.78. The van der Waals surface area contributed by atoms with Crippen molar-refractivity contribution in [1.82, 2.24) is 4.90 Å². The van der Waals surface area contributed by atoms with Crippen molar-refractivity contribution in [2.24, 2.45) is 5.73 Å². The van der Waals surface area contributed by atoms with Crippen LogP contribution in [0.15, 0.2) is 0 Å². The lowest BCUT2D eigenvalue weighted by molar-refractivity contribution is -0.147. The van der Waals surface area contributed by atoms with E-state index in [-0.39, 0.29) is 24.4 Å². The van der Waals surface area contributed by atoms with Gasteiger partial charge in [-0.15, -0.1) is 0 Å². The third kappa shape index (κ3) is 3.00. The highest BCUT2D eigenvalue weighted by atomic mass is 16.5. The molecule has 1 fully saturated rings. The van der Waals surface area contributed by atoms with Gasteiger partial charge in [0, 0.05) is 26.5 Å². The summed E-state index contributed by atoms with van der Waals surface area (Å²) in [5.74, 6) is -0.241. The Balaban J connectivity index is 2.75. The molecule has 5 nitrogen and oxygen atoms in total. The van der Waals surface area contributed by atoms with E-state index in [1.54, 1.807) is 0 Å². The van der Waals surface area contributed by atoms with Gasteiger partial charge >= 0.3 is 0 Å². The van der Waals surface area contributed by atoms with Crippen molar-refractivity contribution in [2.45, 2.75) is 31.7 Å². The smallest absolute Gasteiger partial charge is 0.229 e. The maximum Gasteiger partial charge on any atom is 0.229 e. The first-order chi connectivity index (χ1) is 7.20. The highest BCUT2D eigenvalue weighted by Gasteiger charge is 2.30. The van der Waals surface area contributed by atoms with Crippen molar-refractivity contribution in [1.29, 1.82) is 0 Å². The largest absolute Gasteiger partial charge is 0.382 e. The Morgan fingerprint density at radius 3 is 2.27 bits per heavy atom. The molecule has 86 valence electrons. The monoisotopic (exact) mass is 214 g/mol. The molecular formula is C10H18N2O3. The van der Waals surface area contributed by atoms with Crippen LogP contribution in [0.1, 0.15) is 25.7 Å². The van der Waals surface area contributed by atoms with Crippen molar-refractivity contribution in [3.8, 4) is 0 Å². The lowest BCUT2D eigenvalue weighted by Crippen LogP contribution is -2.49. The zero-order chi connectivity index (χ0) is 11.3. The molecule has 1 unspecified atom stereocenters. The van der Waals surface area contributed by atoms with Crippen molar-refractivity contribution < 1.29 is 14.3 Å². The molecule has 0 bridgehead atoms. The van der Waals surface area contributed by atoms with Gasteiger partial charge in [-0.3, -0.25) is 14.5 Å². The number of carbonyl (C=O) groups is 2. The van der Waals surface area contributed by atoms with Gasteiger partial charge in [-0.05, 0) is 12.8 Å². The molecule has 0 radical (unpaired) electrons. The molecule has 1 rings (SSSR count). The predicted octanol–water partition coefficient (Wildman–Crippen LogP) is -0.111. The minimum atomic E-state index is -0.312. The number of carbonyl (C=O) groups excluding carboxylic acids is 2. The molecule has 1 aliphatic heterocycles. The van der Waals surface area contributed by atoms with E-state index in [1.165, 1.54) is 12.0 Å². The Bertz CT molecular complexity index is 225. The lowest BCUT2D eigenvalue weighted by atomic mass is 10.2. The van der Waals surface area contributed by atoms with Crippen LogP contribution in [0, 0.1) is 0 Å². The van der Waals surface area contributed by atoms with Crippen molar-refractivity contribution >= 4 is 11.8 Å².